The average Bonchev–Trinajstić information content (AvgIpc) is 2.25. The number of hydrogen-bond donors (Lipinski definition) is 1. The third kappa shape index (κ3) is 2.62. The summed E-state index contributed by atoms with van der Waals surface area (Å²) in [6, 6.07) is 3.95. The second-order valence-corrected chi connectivity index (χ2v) is 2.61. The van der Waals surface area contributed by atoms with Crippen molar-refractivity contribution in [1.29, 1.82) is 0 Å². The second-order valence-electron chi connectivity index (χ2n) is 2.61. The van der Waals surface area contributed by atoms with Crippen molar-refractivity contribution < 1.29 is 14.8 Å². The first kappa shape index (κ1) is 10.9. The number of rotatable bonds is 2. The van der Waals surface area contributed by atoms with Crippen LogP contribution in [0.4, 0.5) is 5.69 Å². The molecular formula is C10H7NO4. The molecule has 0 fully saturated rings. The Morgan fingerprint density at radius 3 is 2.80 bits per heavy atom. The van der Waals surface area contributed by atoms with Crippen LogP contribution in [0.1, 0.15) is 15.9 Å². The first-order chi connectivity index (χ1) is 7.19. The Morgan fingerprint density at radius 1 is 1.53 bits per heavy atom. The van der Waals surface area contributed by atoms with Gasteiger partial charge in [0.1, 0.15) is 6.61 Å². The van der Waals surface area contributed by atoms with Crippen LogP contribution in [-0.2, 0) is 0 Å². The van der Waals surface area contributed by atoms with Crippen molar-refractivity contribution in [3.05, 3.63) is 39.4 Å². The van der Waals surface area contributed by atoms with E-state index >= 15 is 0 Å². The number of carbonyl (C=O) groups is 1. The van der Waals surface area contributed by atoms with Gasteiger partial charge < -0.3 is 5.11 Å². The molecule has 0 saturated heterocycles. The van der Waals surface area contributed by atoms with E-state index in [1.165, 1.54) is 18.2 Å². The molecule has 0 unspecified atom stereocenters. The van der Waals surface area contributed by atoms with Gasteiger partial charge in [0.15, 0.2) is 6.29 Å². The molecule has 0 heterocycles. The lowest BCUT2D eigenvalue weighted by molar-refractivity contribution is -0.385. The lowest BCUT2D eigenvalue weighted by atomic mass is 10.1. The van der Waals surface area contributed by atoms with Gasteiger partial charge in [-0.05, 0) is 12.1 Å². The zero-order chi connectivity index (χ0) is 11.3. The maximum atomic E-state index is 10.6. The molecule has 76 valence electrons. The molecule has 0 atom stereocenters. The summed E-state index contributed by atoms with van der Waals surface area (Å²) in [5, 5.41) is 18.9. The average molecular weight is 205 g/mol. The van der Waals surface area contributed by atoms with Crippen LogP contribution in [0, 0.1) is 22.0 Å². The number of aliphatic hydroxyl groups excluding tert-OH is 1. The van der Waals surface area contributed by atoms with Crippen molar-refractivity contribution in [1.82, 2.24) is 0 Å². The van der Waals surface area contributed by atoms with Gasteiger partial charge in [0, 0.05) is 11.6 Å². The molecule has 1 rings (SSSR count). The molecule has 5 heteroatoms. The number of nitro benzene ring substituents is 1. The minimum Gasteiger partial charge on any atom is -0.384 e. The molecule has 5 nitrogen and oxygen atoms in total. The number of aldehydes is 1. The maximum Gasteiger partial charge on any atom is 0.279 e. The Kier molecular flexibility index (Phi) is 3.55. The quantitative estimate of drug-likeness (QED) is 0.334. The Balaban J connectivity index is 3.19. The molecule has 1 aromatic carbocycles. The van der Waals surface area contributed by atoms with Gasteiger partial charge in [-0.3, -0.25) is 14.9 Å². The third-order valence-corrected chi connectivity index (χ3v) is 1.66. The van der Waals surface area contributed by atoms with Gasteiger partial charge in [-0.2, -0.15) is 0 Å². The summed E-state index contributed by atoms with van der Waals surface area (Å²) in [6.07, 6.45) is 0.405. The van der Waals surface area contributed by atoms with Crippen LogP contribution < -0.4 is 0 Å². The van der Waals surface area contributed by atoms with E-state index in [4.69, 9.17) is 5.11 Å². The Bertz CT molecular complexity index is 456. The molecule has 1 N–H and O–H groups in total. The minimum atomic E-state index is -0.632. The predicted molar refractivity (Wildman–Crippen MR) is 52.4 cm³/mol. The smallest absolute Gasteiger partial charge is 0.279 e. The van der Waals surface area contributed by atoms with Crippen LogP contribution in [0.15, 0.2) is 18.2 Å². The first-order valence-corrected chi connectivity index (χ1v) is 4.02. The number of carbonyl (C=O) groups excluding carboxylic acids is 1. The van der Waals surface area contributed by atoms with E-state index in [1.807, 2.05) is 0 Å². The van der Waals surface area contributed by atoms with Gasteiger partial charge in [-0.1, -0.05) is 11.8 Å². The van der Waals surface area contributed by atoms with Crippen LogP contribution in [-0.4, -0.2) is 22.9 Å². The highest BCUT2D eigenvalue weighted by atomic mass is 16.6. The van der Waals surface area contributed by atoms with Crippen LogP contribution >= 0.6 is 0 Å². The van der Waals surface area contributed by atoms with Crippen molar-refractivity contribution in [3.8, 4) is 11.8 Å². The lowest BCUT2D eigenvalue weighted by Crippen LogP contribution is -1.94. The normalized spacial score (nSPS) is 8.87. The standard InChI is InChI=1S/C10H7NO4/c12-5-1-2-8-3-4-10(11(14)15)9(6-8)7-13/h3-4,6-7,12H,5H2. The molecule has 0 amide bonds. The summed E-state index contributed by atoms with van der Waals surface area (Å²) in [7, 11) is 0. The molecule has 0 spiro atoms. The van der Waals surface area contributed by atoms with Crippen molar-refractivity contribution in [3.63, 3.8) is 0 Å². The highest BCUT2D eigenvalue weighted by molar-refractivity contribution is 5.82. The molecule has 0 aromatic heterocycles. The van der Waals surface area contributed by atoms with Crippen molar-refractivity contribution in [2.24, 2.45) is 0 Å². The topological polar surface area (TPSA) is 80.4 Å². The molecule has 0 saturated carbocycles. The summed E-state index contributed by atoms with van der Waals surface area (Å²) < 4.78 is 0. The summed E-state index contributed by atoms with van der Waals surface area (Å²) in [5.41, 5.74) is 0.182. The third-order valence-electron chi connectivity index (χ3n) is 1.66. The van der Waals surface area contributed by atoms with Gasteiger partial charge in [-0.25, -0.2) is 0 Å². The number of nitrogens with zero attached hydrogens (tertiary/aromatic N) is 1. The number of nitro groups is 1. The van der Waals surface area contributed by atoms with E-state index in [0.29, 0.717) is 11.8 Å². The molecule has 1 aromatic rings. The van der Waals surface area contributed by atoms with E-state index in [0.717, 1.165) is 0 Å². The van der Waals surface area contributed by atoms with Crippen molar-refractivity contribution >= 4 is 12.0 Å². The molecule has 0 aliphatic carbocycles. The minimum absolute atomic E-state index is 0.0234. The highest BCUT2D eigenvalue weighted by Gasteiger charge is 2.12. The molecule has 0 aliphatic heterocycles. The van der Waals surface area contributed by atoms with Crippen LogP contribution in [0.25, 0.3) is 0 Å². The van der Waals surface area contributed by atoms with E-state index < -0.39 is 4.92 Å². The Morgan fingerprint density at radius 2 is 2.27 bits per heavy atom. The van der Waals surface area contributed by atoms with Gasteiger partial charge in [0.2, 0.25) is 0 Å². The van der Waals surface area contributed by atoms with E-state index in [-0.39, 0.29) is 17.9 Å². The zero-order valence-corrected chi connectivity index (χ0v) is 7.64. The second kappa shape index (κ2) is 4.88. The van der Waals surface area contributed by atoms with Crippen molar-refractivity contribution in [2.45, 2.75) is 0 Å². The van der Waals surface area contributed by atoms with E-state index in [9.17, 15) is 14.9 Å². The molecule has 0 aliphatic rings. The van der Waals surface area contributed by atoms with Crippen LogP contribution in [0.5, 0.6) is 0 Å². The first-order valence-electron chi connectivity index (χ1n) is 4.02. The number of hydrogen-bond acceptors (Lipinski definition) is 4. The molecule has 0 radical (unpaired) electrons. The van der Waals surface area contributed by atoms with Crippen LogP contribution in [0.3, 0.4) is 0 Å². The summed E-state index contributed by atoms with van der Waals surface area (Å²) in [4.78, 5) is 20.4. The number of aliphatic hydroxyl groups is 1. The fourth-order valence-electron chi connectivity index (χ4n) is 1.03. The molecule has 15 heavy (non-hydrogen) atoms. The van der Waals surface area contributed by atoms with E-state index in [1.54, 1.807) is 0 Å². The van der Waals surface area contributed by atoms with Gasteiger partial charge >= 0.3 is 0 Å². The summed E-state index contributed by atoms with van der Waals surface area (Å²) in [5.74, 6) is 4.94. The zero-order valence-electron chi connectivity index (χ0n) is 7.64. The summed E-state index contributed by atoms with van der Waals surface area (Å²) in [6.45, 7) is -0.298. The fourth-order valence-corrected chi connectivity index (χ4v) is 1.03. The Hall–Kier alpha value is -2.19. The van der Waals surface area contributed by atoms with Crippen molar-refractivity contribution in [2.75, 3.05) is 6.61 Å². The predicted octanol–water partition coefficient (Wildman–Crippen LogP) is 0.751. The SMILES string of the molecule is O=Cc1cc(C#CCO)ccc1[N+](=O)[O-]. The molecule has 0 bridgehead atoms. The fraction of sp³-hybridized carbons (Fsp3) is 0.100. The van der Waals surface area contributed by atoms with E-state index in [2.05, 4.69) is 11.8 Å². The largest absolute Gasteiger partial charge is 0.384 e. The monoisotopic (exact) mass is 205 g/mol. The number of benzene rings is 1. The highest BCUT2D eigenvalue weighted by Crippen LogP contribution is 2.17. The van der Waals surface area contributed by atoms with Crippen LogP contribution in [0.2, 0.25) is 0 Å². The summed E-state index contributed by atoms with van der Waals surface area (Å²) >= 11 is 0. The van der Waals surface area contributed by atoms with Gasteiger partial charge in [0.25, 0.3) is 5.69 Å². The Labute approximate surface area is 85.5 Å². The van der Waals surface area contributed by atoms with Gasteiger partial charge in [-0.15, -0.1) is 0 Å². The lowest BCUT2D eigenvalue weighted by Gasteiger charge is -1.95. The van der Waals surface area contributed by atoms with Gasteiger partial charge in [0.05, 0.1) is 10.5 Å². The molecular weight excluding hydrogens is 198 g/mol. The maximum absolute atomic E-state index is 10.6.